The van der Waals surface area contributed by atoms with Crippen LogP contribution in [0.5, 0.6) is 0 Å². The molecule has 0 N–H and O–H groups in total. The Morgan fingerprint density at radius 2 is 2.06 bits per heavy atom. The van der Waals surface area contributed by atoms with Crippen LogP contribution in [0.1, 0.15) is 28.0 Å². The minimum absolute atomic E-state index is 0.0495. The Labute approximate surface area is 189 Å². The molecule has 170 valence electrons. The van der Waals surface area contributed by atoms with E-state index >= 15 is 0 Å². The molecule has 0 aromatic carbocycles. The molecule has 3 aliphatic heterocycles. The molecule has 0 radical (unpaired) electrons. The van der Waals surface area contributed by atoms with Crippen LogP contribution < -0.4 is 4.90 Å². The first kappa shape index (κ1) is 19.9. The summed E-state index contributed by atoms with van der Waals surface area (Å²) in [5.41, 5.74) is 2.66. The average molecular weight is 449 g/mol. The van der Waals surface area contributed by atoms with Crippen molar-refractivity contribution in [3.05, 3.63) is 41.6 Å². The zero-order chi connectivity index (χ0) is 22.7. The Morgan fingerprint density at radius 3 is 2.91 bits per heavy atom. The summed E-state index contributed by atoms with van der Waals surface area (Å²) >= 11 is 0. The van der Waals surface area contributed by atoms with E-state index in [9.17, 15) is 9.59 Å². The van der Waals surface area contributed by atoms with E-state index in [1.807, 2.05) is 24.8 Å². The summed E-state index contributed by atoms with van der Waals surface area (Å²) in [5, 5.41) is 4.78. The maximum absolute atomic E-state index is 13.0. The van der Waals surface area contributed by atoms with Crippen LogP contribution >= 0.6 is 0 Å². The zero-order valence-corrected chi connectivity index (χ0v) is 18.3. The molecular formula is C22H23N7O4. The molecule has 6 rings (SSSR count). The van der Waals surface area contributed by atoms with Gasteiger partial charge in [0.25, 0.3) is 11.6 Å². The number of carbonyl (C=O) groups is 2. The first-order valence-corrected chi connectivity index (χ1v) is 11.0. The Hall–Kier alpha value is -3.76. The number of rotatable bonds is 3. The second kappa shape index (κ2) is 7.39. The number of hydrogen-bond acceptors (Lipinski definition) is 9. The lowest BCUT2D eigenvalue weighted by molar-refractivity contribution is 0.0775. The summed E-state index contributed by atoms with van der Waals surface area (Å²) in [6, 6.07) is 1.64. The Morgan fingerprint density at radius 1 is 1.18 bits per heavy atom. The Kier molecular flexibility index (Phi) is 4.46. The minimum atomic E-state index is -0.310. The number of anilines is 1. The van der Waals surface area contributed by atoms with Gasteiger partial charge in [-0.15, -0.1) is 0 Å². The van der Waals surface area contributed by atoms with Gasteiger partial charge in [0.05, 0.1) is 29.9 Å². The minimum Gasteiger partial charge on any atom is -0.442 e. The quantitative estimate of drug-likeness (QED) is 0.587. The molecule has 11 nitrogen and oxygen atoms in total. The van der Waals surface area contributed by atoms with Crippen molar-refractivity contribution < 1.29 is 18.8 Å². The van der Waals surface area contributed by atoms with E-state index in [0.29, 0.717) is 43.9 Å². The van der Waals surface area contributed by atoms with Gasteiger partial charge in [0, 0.05) is 32.0 Å². The number of aryl methyl sites for hydroxylation is 2. The maximum Gasteiger partial charge on any atom is 0.410 e. The Bertz CT molecular complexity index is 1260. The van der Waals surface area contributed by atoms with Crippen LogP contribution in [0.2, 0.25) is 0 Å². The summed E-state index contributed by atoms with van der Waals surface area (Å²) in [5.74, 6) is 0.686. The predicted octanol–water partition coefficient (Wildman–Crippen LogP) is 1.55. The van der Waals surface area contributed by atoms with Gasteiger partial charge in [-0.05, 0) is 31.9 Å². The molecule has 0 aliphatic carbocycles. The molecule has 3 saturated heterocycles. The molecule has 0 spiro atoms. The highest BCUT2D eigenvalue weighted by atomic mass is 16.6. The van der Waals surface area contributed by atoms with Gasteiger partial charge >= 0.3 is 6.09 Å². The normalized spacial score (nSPS) is 24.6. The van der Waals surface area contributed by atoms with Crippen molar-refractivity contribution in [3.8, 4) is 0 Å². The van der Waals surface area contributed by atoms with E-state index in [0.717, 1.165) is 22.5 Å². The first-order chi connectivity index (χ1) is 16.0. The smallest absolute Gasteiger partial charge is 0.410 e. The van der Waals surface area contributed by atoms with Gasteiger partial charge in [-0.2, -0.15) is 4.98 Å². The Balaban J connectivity index is 1.21. The van der Waals surface area contributed by atoms with E-state index in [4.69, 9.17) is 9.26 Å². The van der Waals surface area contributed by atoms with E-state index < -0.39 is 0 Å². The second-order valence-corrected chi connectivity index (χ2v) is 8.83. The number of fused-ring (bicyclic) bond motifs is 2. The molecule has 1 unspecified atom stereocenters. The van der Waals surface area contributed by atoms with Crippen molar-refractivity contribution in [2.24, 2.45) is 0 Å². The lowest BCUT2D eigenvalue weighted by Crippen LogP contribution is -2.46. The lowest BCUT2D eigenvalue weighted by atomic mass is 10.1. The number of hydrogen-bond donors (Lipinski definition) is 0. The van der Waals surface area contributed by atoms with Crippen molar-refractivity contribution in [2.75, 3.05) is 31.1 Å². The van der Waals surface area contributed by atoms with Crippen LogP contribution in [0, 0.1) is 13.8 Å². The number of likely N-dealkylation sites (tertiary alicyclic amines) is 1. The van der Waals surface area contributed by atoms with Crippen LogP contribution in [0.25, 0.3) is 11.1 Å². The molecule has 0 bridgehead atoms. The van der Waals surface area contributed by atoms with Gasteiger partial charge in [-0.25, -0.2) is 9.78 Å². The molecule has 2 amide bonds. The molecule has 11 heteroatoms. The number of carbonyl (C=O) groups excluding carboxylic acids is 2. The van der Waals surface area contributed by atoms with Crippen molar-refractivity contribution in [1.29, 1.82) is 0 Å². The number of ether oxygens (including phenoxy) is 1. The number of pyridine rings is 1. The highest BCUT2D eigenvalue weighted by Gasteiger charge is 2.52. The summed E-state index contributed by atoms with van der Waals surface area (Å²) in [7, 11) is 0. The van der Waals surface area contributed by atoms with Gasteiger partial charge in [-0.1, -0.05) is 5.16 Å². The second-order valence-electron chi connectivity index (χ2n) is 8.83. The van der Waals surface area contributed by atoms with Crippen LogP contribution in [0.3, 0.4) is 0 Å². The molecule has 6 heterocycles. The number of amides is 2. The van der Waals surface area contributed by atoms with Crippen LogP contribution in [0.4, 0.5) is 10.6 Å². The SMILES string of the molecule is Cc1ccncc1C(=O)N1CCC(N2C(=O)O[C@H]3CN(c4ncnc5onc(C)c45)C[C@H]32)C1. The van der Waals surface area contributed by atoms with Gasteiger partial charge in [-0.3, -0.25) is 14.7 Å². The highest BCUT2D eigenvalue weighted by Crippen LogP contribution is 2.36. The monoisotopic (exact) mass is 449 g/mol. The van der Waals surface area contributed by atoms with E-state index in [1.165, 1.54) is 6.33 Å². The molecule has 3 atom stereocenters. The molecular weight excluding hydrogens is 426 g/mol. The van der Waals surface area contributed by atoms with Gasteiger partial charge < -0.3 is 19.1 Å². The fourth-order valence-corrected chi connectivity index (χ4v) is 5.21. The summed E-state index contributed by atoms with van der Waals surface area (Å²) in [6.45, 7) is 5.95. The van der Waals surface area contributed by atoms with Crippen LogP contribution in [0.15, 0.2) is 29.3 Å². The van der Waals surface area contributed by atoms with E-state index in [2.05, 4.69) is 25.0 Å². The van der Waals surface area contributed by atoms with Gasteiger partial charge in [0.1, 0.15) is 23.6 Å². The molecule has 3 aromatic heterocycles. The summed E-state index contributed by atoms with van der Waals surface area (Å²) in [6.07, 6.45) is 4.89. The van der Waals surface area contributed by atoms with Crippen molar-refractivity contribution >= 4 is 28.9 Å². The van der Waals surface area contributed by atoms with E-state index in [1.54, 1.807) is 17.3 Å². The van der Waals surface area contributed by atoms with E-state index in [-0.39, 0.29) is 30.2 Å². The molecule has 0 saturated carbocycles. The standard InChI is InChI=1S/C22H23N7O4/c1-12-3-5-23-7-15(12)21(30)27-6-4-14(8-27)29-16-9-28(10-17(16)32-22(29)31)19-18-13(2)26-33-20(18)25-11-24-19/h3,5,7,11,14,16-17H,4,6,8-10H2,1-2H3/t14?,16-,17+/m1/s1. The lowest BCUT2D eigenvalue weighted by Gasteiger charge is -2.28. The molecule has 33 heavy (non-hydrogen) atoms. The number of aromatic nitrogens is 4. The fourth-order valence-electron chi connectivity index (χ4n) is 5.21. The average Bonchev–Trinajstić information content (AvgIpc) is 3.57. The summed E-state index contributed by atoms with van der Waals surface area (Å²) in [4.78, 5) is 44.2. The molecule has 3 aromatic rings. The van der Waals surface area contributed by atoms with Crippen molar-refractivity contribution in [2.45, 2.75) is 38.5 Å². The first-order valence-electron chi connectivity index (χ1n) is 11.0. The maximum atomic E-state index is 13.0. The summed E-state index contributed by atoms with van der Waals surface area (Å²) < 4.78 is 11.0. The fraction of sp³-hybridized carbons (Fsp3) is 0.455. The largest absolute Gasteiger partial charge is 0.442 e. The van der Waals surface area contributed by atoms with Gasteiger partial charge in [0.2, 0.25) is 0 Å². The van der Waals surface area contributed by atoms with Crippen LogP contribution in [-0.4, -0.2) is 86.3 Å². The van der Waals surface area contributed by atoms with Gasteiger partial charge in [0.15, 0.2) is 0 Å². The zero-order valence-electron chi connectivity index (χ0n) is 18.3. The third-order valence-electron chi connectivity index (χ3n) is 6.89. The third-order valence-corrected chi connectivity index (χ3v) is 6.89. The topological polar surface area (TPSA) is 118 Å². The predicted molar refractivity (Wildman–Crippen MR) is 116 cm³/mol. The highest BCUT2D eigenvalue weighted by molar-refractivity contribution is 5.95. The van der Waals surface area contributed by atoms with Crippen LogP contribution in [-0.2, 0) is 4.74 Å². The number of nitrogens with zero attached hydrogens (tertiary/aromatic N) is 7. The van der Waals surface area contributed by atoms with Crippen molar-refractivity contribution in [1.82, 2.24) is 29.9 Å². The van der Waals surface area contributed by atoms with Crippen molar-refractivity contribution in [3.63, 3.8) is 0 Å². The third kappa shape index (κ3) is 3.10. The molecule has 3 fully saturated rings. The molecule has 3 aliphatic rings.